The molecule has 4 aliphatic carbocycles. The number of rotatable bonds is 1. The van der Waals surface area contributed by atoms with Gasteiger partial charge in [0.05, 0.1) is 23.2 Å². The Morgan fingerprint density at radius 1 is 1.12 bits per heavy atom. The van der Waals surface area contributed by atoms with Crippen LogP contribution in [0.3, 0.4) is 0 Å². The molecule has 5 heteroatoms. The van der Waals surface area contributed by atoms with E-state index in [0.29, 0.717) is 25.7 Å². The quantitative estimate of drug-likeness (QED) is 0.531. The summed E-state index contributed by atoms with van der Waals surface area (Å²) in [6.07, 6.45) is 4.86. The van der Waals surface area contributed by atoms with E-state index in [1.807, 2.05) is 0 Å². The van der Waals surface area contributed by atoms with Crippen LogP contribution >= 0.6 is 0 Å². The number of hydrogen-bond acceptors (Lipinski definition) is 5. The Bertz CT molecular complexity index is 673. The van der Waals surface area contributed by atoms with E-state index in [2.05, 4.69) is 13.0 Å². The molecule has 0 radical (unpaired) electrons. The lowest BCUT2D eigenvalue weighted by Gasteiger charge is -2.63. The van der Waals surface area contributed by atoms with Crippen molar-refractivity contribution in [1.29, 1.82) is 0 Å². The van der Waals surface area contributed by atoms with E-state index < -0.39 is 22.7 Å². The molecule has 8 atom stereocenters. The first kappa shape index (κ1) is 18.6. The summed E-state index contributed by atoms with van der Waals surface area (Å²) in [6, 6.07) is 0. The number of aliphatic hydroxyl groups excluding tert-OH is 2. The van der Waals surface area contributed by atoms with Crippen molar-refractivity contribution >= 4 is 5.78 Å². The third-order valence-corrected chi connectivity index (χ3v) is 9.07. The lowest BCUT2D eigenvalue weighted by molar-refractivity contribution is -0.253. The standard InChI is InChI=1S/C21H32O5/c1-12(22)20(25)8-9-21(26)15-5-4-13-10-14(23)6-7-18(13,2)16(15)11-17(24)19(20,21)3/h4,14-17,23-26H,5-11H2,1-3H3/t14-,15-,16-,17+,18-,19+,20+,21-/m0/s1. The first-order chi connectivity index (χ1) is 12.0. The third-order valence-electron chi connectivity index (χ3n) is 9.07. The Labute approximate surface area is 155 Å². The van der Waals surface area contributed by atoms with Gasteiger partial charge in [-0.15, -0.1) is 0 Å². The Hall–Kier alpha value is -0.750. The van der Waals surface area contributed by atoms with Crippen LogP contribution in [0.15, 0.2) is 11.6 Å². The maximum atomic E-state index is 12.3. The van der Waals surface area contributed by atoms with E-state index in [1.165, 1.54) is 12.5 Å². The molecule has 4 aliphatic rings. The van der Waals surface area contributed by atoms with Gasteiger partial charge >= 0.3 is 0 Å². The molecule has 4 rings (SSSR count). The van der Waals surface area contributed by atoms with E-state index in [9.17, 15) is 25.2 Å². The zero-order chi connectivity index (χ0) is 19.1. The molecule has 5 nitrogen and oxygen atoms in total. The van der Waals surface area contributed by atoms with E-state index in [4.69, 9.17) is 0 Å². The predicted molar refractivity (Wildman–Crippen MR) is 96.2 cm³/mol. The molecule has 0 heterocycles. The van der Waals surface area contributed by atoms with Gasteiger partial charge in [-0.1, -0.05) is 25.5 Å². The van der Waals surface area contributed by atoms with Gasteiger partial charge in [-0.25, -0.2) is 0 Å². The molecule has 0 bridgehead atoms. The average Bonchev–Trinajstić information content (AvgIpc) is 2.80. The van der Waals surface area contributed by atoms with Gasteiger partial charge in [-0.05, 0) is 69.1 Å². The number of Topliss-reactive ketones (excluding diaryl/α,β-unsaturated/α-hetero) is 1. The molecule has 0 saturated heterocycles. The van der Waals surface area contributed by atoms with Crippen LogP contribution in [0, 0.1) is 22.7 Å². The summed E-state index contributed by atoms with van der Waals surface area (Å²) >= 11 is 0. The number of aliphatic hydroxyl groups is 4. The second kappa shape index (κ2) is 5.40. The van der Waals surface area contributed by atoms with Crippen molar-refractivity contribution in [1.82, 2.24) is 0 Å². The highest BCUT2D eigenvalue weighted by atomic mass is 16.3. The average molecular weight is 364 g/mol. The summed E-state index contributed by atoms with van der Waals surface area (Å²) < 4.78 is 0. The third kappa shape index (κ3) is 1.93. The van der Waals surface area contributed by atoms with Gasteiger partial charge in [0, 0.05) is 0 Å². The van der Waals surface area contributed by atoms with Crippen molar-refractivity contribution < 1.29 is 25.2 Å². The summed E-state index contributed by atoms with van der Waals surface area (Å²) in [7, 11) is 0. The topological polar surface area (TPSA) is 98.0 Å². The summed E-state index contributed by atoms with van der Waals surface area (Å²) in [6.45, 7) is 5.26. The molecular formula is C21H32O5. The minimum atomic E-state index is -1.68. The fourth-order valence-corrected chi connectivity index (χ4v) is 7.19. The maximum absolute atomic E-state index is 12.3. The van der Waals surface area contributed by atoms with Crippen molar-refractivity contribution in [2.75, 3.05) is 0 Å². The first-order valence-corrected chi connectivity index (χ1v) is 10.0. The van der Waals surface area contributed by atoms with Crippen molar-refractivity contribution in [2.24, 2.45) is 22.7 Å². The van der Waals surface area contributed by atoms with Crippen molar-refractivity contribution in [3.8, 4) is 0 Å². The Morgan fingerprint density at radius 3 is 2.46 bits per heavy atom. The van der Waals surface area contributed by atoms with Crippen LogP contribution in [0.25, 0.3) is 0 Å². The number of carbonyl (C=O) groups is 1. The summed E-state index contributed by atoms with van der Waals surface area (Å²) in [5.41, 5.74) is -3.09. The van der Waals surface area contributed by atoms with Gasteiger partial charge in [0.2, 0.25) is 0 Å². The fourth-order valence-electron chi connectivity index (χ4n) is 7.19. The van der Waals surface area contributed by atoms with Crippen molar-refractivity contribution in [3.63, 3.8) is 0 Å². The molecule has 26 heavy (non-hydrogen) atoms. The molecule has 4 N–H and O–H groups in total. The van der Waals surface area contributed by atoms with Crippen LogP contribution in [-0.2, 0) is 4.79 Å². The summed E-state index contributed by atoms with van der Waals surface area (Å²) in [5.74, 6) is -0.363. The first-order valence-electron chi connectivity index (χ1n) is 10.0. The fraction of sp³-hybridized carbons (Fsp3) is 0.857. The molecule has 0 aromatic carbocycles. The molecule has 0 spiro atoms. The van der Waals surface area contributed by atoms with Gasteiger partial charge in [-0.2, -0.15) is 0 Å². The van der Waals surface area contributed by atoms with Crippen molar-refractivity contribution in [2.45, 2.75) is 89.1 Å². The van der Waals surface area contributed by atoms with Gasteiger partial charge in [0.1, 0.15) is 5.60 Å². The van der Waals surface area contributed by atoms with Crippen LogP contribution < -0.4 is 0 Å². The number of carbonyl (C=O) groups excluding carboxylic acids is 1. The van der Waals surface area contributed by atoms with E-state index in [1.54, 1.807) is 6.92 Å². The monoisotopic (exact) mass is 364 g/mol. The van der Waals surface area contributed by atoms with E-state index >= 15 is 0 Å². The molecule has 0 aromatic rings. The molecule has 0 unspecified atom stereocenters. The predicted octanol–water partition coefficient (Wildman–Crippen LogP) is 1.72. The van der Waals surface area contributed by atoms with Gasteiger partial charge < -0.3 is 20.4 Å². The smallest absolute Gasteiger partial charge is 0.162 e. The van der Waals surface area contributed by atoms with Crippen LogP contribution in [0.2, 0.25) is 0 Å². The van der Waals surface area contributed by atoms with Crippen LogP contribution in [-0.4, -0.2) is 49.6 Å². The maximum Gasteiger partial charge on any atom is 0.162 e. The Morgan fingerprint density at radius 2 is 1.81 bits per heavy atom. The largest absolute Gasteiger partial charge is 0.393 e. The molecule has 3 saturated carbocycles. The second-order valence-electron chi connectivity index (χ2n) is 9.79. The Kier molecular flexibility index (Phi) is 3.87. The second-order valence-corrected chi connectivity index (χ2v) is 9.79. The molecule has 146 valence electrons. The number of hydrogen-bond donors (Lipinski definition) is 4. The number of ketones is 1. The lowest BCUT2D eigenvalue weighted by atomic mass is 9.44. The zero-order valence-electron chi connectivity index (χ0n) is 16.0. The van der Waals surface area contributed by atoms with Crippen LogP contribution in [0.5, 0.6) is 0 Å². The van der Waals surface area contributed by atoms with E-state index in [0.717, 1.165) is 12.8 Å². The zero-order valence-corrected chi connectivity index (χ0v) is 16.0. The van der Waals surface area contributed by atoms with Crippen LogP contribution in [0.1, 0.15) is 65.7 Å². The highest BCUT2D eigenvalue weighted by Gasteiger charge is 2.75. The van der Waals surface area contributed by atoms with Crippen molar-refractivity contribution in [3.05, 3.63) is 11.6 Å². The Balaban J connectivity index is 1.80. The SMILES string of the molecule is CC(=O)[C@]1(O)CC[C@]2(O)[C@H]3CC=C4C[C@@H](O)CC[C@]4(C)[C@H]3C[C@@H](O)[C@]12C. The molecule has 0 amide bonds. The number of fused-ring (bicyclic) bond motifs is 5. The molecule has 0 aliphatic heterocycles. The normalized spacial score (nSPS) is 56.2. The lowest BCUT2D eigenvalue weighted by Crippen LogP contribution is -2.70. The molecular weight excluding hydrogens is 332 g/mol. The minimum absolute atomic E-state index is 0.0896. The van der Waals surface area contributed by atoms with Crippen LogP contribution in [0.4, 0.5) is 0 Å². The van der Waals surface area contributed by atoms with Gasteiger partial charge in [0.15, 0.2) is 5.78 Å². The molecule has 3 fully saturated rings. The highest BCUT2D eigenvalue weighted by molar-refractivity contribution is 5.86. The number of allylic oxidation sites excluding steroid dienone is 1. The highest BCUT2D eigenvalue weighted by Crippen LogP contribution is 2.68. The molecule has 0 aromatic heterocycles. The van der Waals surface area contributed by atoms with Gasteiger partial charge in [0.25, 0.3) is 0 Å². The summed E-state index contributed by atoms with van der Waals surface area (Å²) in [4.78, 5) is 12.3. The van der Waals surface area contributed by atoms with Gasteiger partial charge in [-0.3, -0.25) is 4.79 Å². The summed E-state index contributed by atoms with van der Waals surface area (Å²) in [5, 5.41) is 44.2. The minimum Gasteiger partial charge on any atom is -0.393 e. The van der Waals surface area contributed by atoms with E-state index in [-0.39, 0.29) is 35.6 Å².